The van der Waals surface area contributed by atoms with Crippen molar-refractivity contribution in [2.45, 2.75) is 26.6 Å². The van der Waals surface area contributed by atoms with Gasteiger partial charge in [-0.25, -0.2) is 0 Å². The minimum absolute atomic E-state index is 0.289. The number of nitrogens with two attached hydrogens (primary N) is 1. The maximum absolute atomic E-state index is 11.9. The van der Waals surface area contributed by atoms with Crippen LogP contribution in [0.5, 0.6) is 5.75 Å². The number of benzene rings is 1. The highest BCUT2D eigenvalue weighted by molar-refractivity contribution is 5.80. The quantitative estimate of drug-likeness (QED) is 0.905. The fourth-order valence-electron chi connectivity index (χ4n) is 1.41. The van der Waals surface area contributed by atoms with Crippen molar-refractivity contribution in [1.82, 2.24) is 0 Å². The molecule has 0 atom stereocenters. The van der Waals surface area contributed by atoms with Gasteiger partial charge in [0.15, 0.2) is 0 Å². The number of halogens is 3. The van der Waals surface area contributed by atoms with E-state index in [9.17, 15) is 18.0 Å². The number of carbonyl (C=O) groups excluding carboxylic acids is 1. The van der Waals surface area contributed by atoms with Crippen LogP contribution in [-0.2, 0) is 11.2 Å². The Kier molecular flexibility index (Phi) is 3.88. The van der Waals surface area contributed by atoms with Crippen LogP contribution in [0.15, 0.2) is 24.3 Å². The van der Waals surface area contributed by atoms with E-state index < -0.39 is 17.7 Å². The van der Waals surface area contributed by atoms with Gasteiger partial charge < -0.3 is 10.5 Å². The first-order valence-corrected chi connectivity index (χ1v) is 5.25. The lowest BCUT2D eigenvalue weighted by Crippen LogP contribution is -2.33. The number of hydrogen-bond acceptors (Lipinski definition) is 2. The van der Waals surface area contributed by atoms with Crippen molar-refractivity contribution in [2.24, 2.45) is 11.1 Å². The maximum atomic E-state index is 11.9. The third kappa shape index (κ3) is 4.27. The summed E-state index contributed by atoms with van der Waals surface area (Å²) in [6.45, 7) is 3.35. The largest absolute Gasteiger partial charge is 0.573 e. The van der Waals surface area contributed by atoms with Gasteiger partial charge in [-0.15, -0.1) is 13.2 Å². The molecule has 0 aliphatic rings. The van der Waals surface area contributed by atoms with E-state index in [2.05, 4.69) is 4.74 Å². The van der Waals surface area contributed by atoms with E-state index in [-0.39, 0.29) is 5.75 Å². The summed E-state index contributed by atoms with van der Waals surface area (Å²) in [6.07, 6.45) is -4.34. The lowest BCUT2D eigenvalue weighted by Gasteiger charge is -2.20. The van der Waals surface area contributed by atoms with Crippen molar-refractivity contribution in [3.8, 4) is 5.75 Å². The Bertz CT molecular complexity index is 424. The summed E-state index contributed by atoms with van der Waals surface area (Å²) in [4.78, 5) is 11.1. The summed E-state index contributed by atoms with van der Waals surface area (Å²) in [5.41, 5.74) is 5.19. The monoisotopic (exact) mass is 261 g/mol. The first kappa shape index (κ1) is 14.3. The van der Waals surface area contributed by atoms with Crippen molar-refractivity contribution in [3.63, 3.8) is 0 Å². The molecule has 0 unspecified atom stereocenters. The van der Waals surface area contributed by atoms with E-state index >= 15 is 0 Å². The van der Waals surface area contributed by atoms with Crippen molar-refractivity contribution in [1.29, 1.82) is 0 Å². The van der Waals surface area contributed by atoms with Crippen LogP contribution in [0.25, 0.3) is 0 Å². The Morgan fingerprint density at radius 3 is 2.11 bits per heavy atom. The standard InChI is InChI=1S/C12H14F3NO2/c1-11(2,10(16)17)7-8-3-5-9(6-4-8)18-12(13,14)15/h3-6H,7H2,1-2H3,(H2,16,17). The molecule has 0 aliphatic carbocycles. The van der Waals surface area contributed by atoms with Crippen LogP contribution in [0.2, 0.25) is 0 Å². The molecule has 3 nitrogen and oxygen atoms in total. The van der Waals surface area contributed by atoms with Crippen LogP contribution in [0.3, 0.4) is 0 Å². The molecule has 0 radical (unpaired) electrons. The van der Waals surface area contributed by atoms with E-state index in [1.165, 1.54) is 24.3 Å². The van der Waals surface area contributed by atoms with Crippen LogP contribution < -0.4 is 10.5 Å². The number of primary amides is 1. The van der Waals surface area contributed by atoms with Crippen molar-refractivity contribution in [2.75, 3.05) is 0 Å². The van der Waals surface area contributed by atoms with Gasteiger partial charge in [0.25, 0.3) is 0 Å². The molecular formula is C12H14F3NO2. The molecule has 0 bridgehead atoms. The third-order valence-corrected chi connectivity index (χ3v) is 2.47. The van der Waals surface area contributed by atoms with Gasteiger partial charge in [0.2, 0.25) is 5.91 Å². The number of ether oxygens (including phenoxy) is 1. The Morgan fingerprint density at radius 1 is 1.22 bits per heavy atom. The average molecular weight is 261 g/mol. The summed E-state index contributed by atoms with van der Waals surface area (Å²) in [5, 5.41) is 0. The highest BCUT2D eigenvalue weighted by Crippen LogP contribution is 2.25. The smallest absolute Gasteiger partial charge is 0.406 e. The number of amides is 1. The molecule has 1 rings (SSSR count). The Labute approximate surface area is 103 Å². The van der Waals surface area contributed by atoms with Crippen molar-refractivity contribution in [3.05, 3.63) is 29.8 Å². The average Bonchev–Trinajstić information content (AvgIpc) is 2.18. The van der Waals surface area contributed by atoms with E-state index in [1.54, 1.807) is 13.8 Å². The van der Waals surface area contributed by atoms with E-state index in [0.29, 0.717) is 12.0 Å². The topological polar surface area (TPSA) is 52.3 Å². The molecule has 1 aromatic rings. The van der Waals surface area contributed by atoms with Gasteiger partial charge in [0.1, 0.15) is 5.75 Å². The second-order valence-corrected chi connectivity index (χ2v) is 4.62. The molecule has 18 heavy (non-hydrogen) atoms. The Balaban J connectivity index is 2.75. The first-order valence-electron chi connectivity index (χ1n) is 5.25. The molecule has 0 heterocycles. The molecule has 100 valence electrons. The van der Waals surface area contributed by atoms with Crippen LogP contribution in [-0.4, -0.2) is 12.3 Å². The molecule has 0 aliphatic heterocycles. The van der Waals surface area contributed by atoms with Gasteiger partial charge in [-0.1, -0.05) is 26.0 Å². The predicted octanol–water partition coefficient (Wildman–Crippen LogP) is 2.64. The molecular weight excluding hydrogens is 247 g/mol. The second kappa shape index (κ2) is 4.88. The fourth-order valence-corrected chi connectivity index (χ4v) is 1.41. The summed E-state index contributed by atoms with van der Waals surface area (Å²) in [7, 11) is 0. The zero-order chi connectivity index (χ0) is 14.0. The van der Waals surface area contributed by atoms with Crippen LogP contribution in [0.4, 0.5) is 13.2 Å². The number of rotatable bonds is 4. The molecule has 1 amide bonds. The van der Waals surface area contributed by atoms with Crippen molar-refractivity contribution >= 4 is 5.91 Å². The number of hydrogen-bond donors (Lipinski definition) is 1. The summed E-state index contributed by atoms with van der Waals surface area (Å²) in [5.74, 6) is -0.749. The SMILES string of the molecule is CC(C)(Cc1ccc(OC(F)(F)F)cc1)C(N)=O. The van der Waals surface area contributed by atoms with E-state index in [4.69, 9.17) is 5.73 Å². The normalized spacial score (nSPS) is 12.3. The van der Waals surface area contributed by atoms with Gasteiger partial charge in [-0.2, -0.15) is 0 Å². The van der Waals surface area contributed by atoms with Crippen LogP contribution >= 0.6 is 0 Å². The molecule has 0 spiro atoms. The lowest BCUT2D eigenvalue weighted by atomic mass is 9.85. The van der Waals surface area contributed by atoms with Crippen LogP contribution in [0.1, 0.15) is 19.4 Å². The van der Waals surface area contributed by atoms with Gasteiger partial charge in [-0.05, 0) is 24.1 Å². The van der Waals surface area contributed by atoms with Gasteiger partial charge >= 0.3 is 6.36 Å². The molecule has 0 fully saturated rings. The molecule has 6 heteroatoms. The highest BCUT2D eigenvalue weighted by atomic mass is 19.4. The summed E-state index contributed by atoms with van der Waals surface area (Å²) < 4.78 is 39.5. The Hall–Kier alpha value is -1.72. The van der Waals surface area contributed by atoms with Crippen LogP contribution in [0, 0.1) is 5.41 Å². The first-order chi connectivity index (χ1) is 8.10. The third-order valence-electron chi connectivity index (χ3n) is 2.47. The lowest BCUT2D eigenvalue weighted by molar-refractivity contribution is -0.274. The zero-order valence-corrected chi connectivity index (χ0v) is 10.0. The number of alkyl halides is 3. The van der Waals surface area contributed by atoms with Gasteiger partial charge in [-0.3, -0.25) is 4.79 Å². The molecule has 1 aromatic carbocycles. The van der Waals surface area contributed by atoms with Gasteiger partial charge in [0.05, 0.1) is 0 Å². The van der Waals surface area contributed by atoms with Gasteiger partial charge in [0, 0.05) is 5.41 Å². The number of carbonyl (C=O) groups is 1. The molecule has 0 aromatic heterocycles. The second-order valence-electron chi connectivity index (χ2n) is 4.62. The van der Waals surface area contributed by atoms with E-state index in [0.717, 1.165) is 0 Å². The molecule has 2 N–H and O–H groups in total. The van der Waals surface area contributed by atoms with Crippen molar-refractivity contribution < 1.29 is 22.7 Å². The van der Waals surface area contributed by atoms with E-state index in [1.807, 2.05) is 0 Å². The molecule has 0 saturated heterocycles. The minimum Gasteiger partial charge on any atom is -0.406 e. The zero-order valence-electron chi connectivity index (χ0n) is 10.0. The maximum Gasteiger partial charge on any atom is 0.573 e. The summed E-state index contributed by atoms with van der Waals surface area (Å²) in [6, 6.07) is 5.37. The predicted molar refractivity (Wildman–Crippen MR) is 59.8 cm³/mol. The minimum atomic E-state index is -4.70. The molecule has 0 saturated carbocycles. The Morgan fingerprint density at radius 2 is 1.72 bits per heavy atom. The summed E-state index contributed by atoms with van der Waals surface area (Å²) >= 11 is 0. The highest BCUT2D eigenvalue weighted by Gasteiger charge is 2.31. The fraction of sp³-hybridized carbons (Fsp3) is 0.417.